The van der Waals surface area contributed by atoms with E-state index in [2.05, 4.69) is 30.9 Å². The monoisotopic (exact) mass is 389 g/mol. The zero-order valence-electron chi connectivity index (χ0n) is 8.97. The molecule has 0 radical (unpaired) electrons. The van der Waals surface area contributed by atoms with Gasteiger partial charge in [-0.1, -0.05) is 24.4 Å². The van der Waals surface area contributed by atoms with Crippen LogP contribution in [0.15, 0.2) is 48.7 Å². The molecule has 0 unspecified atom stereocenters. The Labute approximate surface area is 120 Å². The molecular weight excluding hydrogens is 382 g/mol. The van der Waals surface area contributed by atoms with Crippen molar-refractivity contribution in [2.45, 2.75) is 0 Å². The number of carbonyl (C=O) groups is 1. The minimum absolute atomic E-state index is 0.325. The van der Waals surface area contributed by atoms with Gasteiger partial charge in [0.15, 0.2) is 0 Å². The summed E-state index contributed by atoms with van der Waals surface area (Å²) in [6.07, 6.45) is 4.15. The molecule has 0 aliphatic heterocycles. The second-order valence-electron chi connectivity index (χ2n) is 2.87. The van der Waals surface area contributed by atoms with E-state index in [0.717, 1.165) is 0 Å². The van der Waals surface area contributed by atoms with Crippen molar-refractivity contribution in [2.24, 2.45) is 0 Å². The van der Waals surface area contributed by atoms with Crippen molar-refractivity contribution >= 4 is 25.7 Å². The first-order valence-corrected chi connectivity index (χ1v) is 13.8. The molecule has 0 spiro atoms. The first-order chi connectivity index (χ1) is 8.36. The first kappa shape index (κ1) is 14.3. The SMILES string of the molecule is O=C(Oc1[c-]nccc1)c1ccccc1.[Zn+][I]. The molecule has 0 saturated heterocycles. The van der Waals surface area contributed by atoms with Crippen molar-refractivity contribution in [2.75, 3.05) is 0 Å². The summed E-state index contributed by atoms with van der Waals surface area (Å²) in [5, 5.41) is 0. The number of hydrogen-bond acceptors (Lipinski definition) is 3. The van der Waals surface area contributed by atoms with Gasteiger partial charge in [0.1, 0.15) is 0 Å². The van der Waals surface area contributed by atoms with Crippen LogP contribution in [0.25, 0.3) is 0 Å². The average molecular weight is 390 g/mol. The van der Waals surface area contributed by atoms with Gasteiger partial charge in [-0.2, -0.15) is 6.07 Å². The maximum absolute atomic E-state index is 11.5. The van der Waals surface area contributed by atoms with Crippen molar-refractivity contribution in [3.63, 3.8) is 0 Å². The molecule has 1 aromatic heterocycles. The Morgan fingerprint density at radius 2 is 1.88 bits per heavy atom. The van der Waals surface area contributed by atoms with Crippen molar-refractivity contribution in [1.29, 1.82) is 0 Å². The molecular formula is C12H8INO2Zn. The molecule has 0 atom stereocenters. The molecule has 5 heteroatoms. The third-order valence-corrected chi connectivity index (χ3v) is 1.80. The van der Waals surface area contributed by atoms with Crippen LogP contribution < -0.4 is 4.74 Å². The zero-order chi connectivity index (χ0) is 12.5. The van der Waals surface area contributed by atoms with E-state index in [1.165, 1.54) is 14.8 Å². The fourth-order valence-corrected chi connectivity index (χ4v) is 1.10. The normalized spacial score (nSPS) is 8.88. The molecule has 0 aliphatic carbocycles. The van der Waals surface area contributed by atoms with E-state index in [-0.39, 0.29) is 0 Å². The Morgan fingerprint density at radius 1 is 1.18 bits per heavy atom. The summed E-state index contributed by atoms with van der Waals surface area (Å²) in [5.41, 5.74) is 0.509. The number of hydrogen-bond donors (Lipinski definition) is 0. The molecule has 2 rings (SSSR count). The van der Waals surface area contributed by atoms with Gasteiger partial charge < -0.3 is 9.72 Å². The minimum atomic E-state index is -0.403. The molecule has 0 N–H and O–H groups in total. The van der Waals surface area contributed by atoms with Gasteiger partial charge in [0.25, 0.3) is 0 Å². The van der Waals surface area contributed by atoms with Crippen LogP contribution >= 0.6 is 19.8 Å². The molecule has 0 fully saturated rings. The fourth-order valence-electron chi connectivity index (χ4n) is 1.10. The number of carbonyl (C=O) groups excluding carboxylic acids is 1. The van der Waals surface area contributed by atoms with Crippen LogP contribution in [0, 0.1) is 6.20 Å². The second-order valence-corrected chi connectivity index (χ2v) is 2.87. The van der Waals surface area contributed by atoms with E-state index in [0.29, 0.717) is 11.3 Å². The topological polar surface area (TPSA) is 39.2 Å². The van der Waals surface area contributed by atoms with Crippen LogP contribution in [0.4, 0.5) is 0 Å². The Bertz CT molecular complexity index is 451. The number of rotatable bonds is 2. The van der Waals surface area contributed by atoms with Crippen LogP contribution in [0.1, 0.15) is 10.4 Å². The summed E-state index contributed by atoms with van der Waals surface area (Å²) in [6.45, 7) is 0. The quantitative estimate of drug-likeness (QED) is 0.343. The zero-order valence-corrected chi connectivity index (χ0v) is 14.1. The molecule has 17 heavy (non-hydrogen) atoms. The molecule has 0 bridgehead atoms. The summed E-state index contributed by atoms with van der Waals surface area (Å²) in [4.78, 5) is 15.3. The maximum atomic E-state index is 11.5. The van der Waals surface area contributed by atoms with Crippen LogP contribution in [-0.2, 0) is 14.8 Å². The van der Waals surface area contributed by atoms with Gasteiger partial charge in [-0.05, 0) is 18.3 Å². The molecule has 2 aromatic rings. The first-order valence-electron chi connectivity index (χ1n) is 4.73. The molecule has 1 aromatic carbocycles. The summed E-state index contributed by atoms with van der Waals surface area (Å²) in [5.74, 6) is -0.0776. The van der Waals surface area contributed by atoms with E-state index in [4.69, 9.17) is 4.74 Å². The Hall–Kier alpha value is -0.807. The van der Waals surface area contributed by atoms with Gasteiger partial charge in [-0.3, -0.25) is 0 Å². The van der Waals surface area contributed by atoms with Crippen LogP contribution in [0.3, 0.4) is 0 Å². The van der Waals surface area contributed by atoms with E-state index < -0.39 is 5.97 Å². The summed E-state index contributed by atoms with van der Waals surface area (Å²) in [7, 11) is 0. The number of pyridine rings is 1. The number of aromatic nitrogens is 1. The molecule has 0 amide bonds. The van der Waals surface area contributed by atoms with E-state index >= 15 is 0 Å². The third kappa shape index (κ3) is 4.92. The average Bonchev–Trinajstić information content (AvgIpc) is 2.43. The van der Waals surface area contributed by atoms with E-state index in [1.54, 1.807) is 42.6 Å². The van der Waals surface area contributed by atoms with Gasteiger partial charge in [-0.25, -0.2) is 4.79 Å². The van der Waals surface area contributed by atoms with Gasteiger partial charge in [0, 0.05) is 5.75 Å². The Morgan fingerprint density at radius 3 is 2.47 bits per heavy atom. The summed E-state index contributed by atoms with van der Waals surface area (Å²) in [6, 6.07) is 12.1. The number of ether oxygens (including phenoxy) is 1. The van der Waals surface area contributed by atoms with E-state index in [1.807, 2.05) is 6.07 Å². The van der Waals surface area contributed by atoms with Gasteiger partial charge in [0.05, 0.1) is 5.56 Å². The van der Waals surface area contributed by atoms with Gasteiger partial charge in [0.2, 0.25) is 0 Å². The predicted molar refractivity (Wildman–Crippen MR) is 68.5 cm³/mol. The predicted octanol–water partition coefficient (Wildman–Crippen LogP) is 2.98. The molecule has 1 heterocycles. The van der Waals surface area contributed by atoms with E-state index in [9.17, 15) is 4.79 Å². The molecule has 0 aliphatic rings. The fraction of sp³-hybridized carbons (Fsp3) is 0. The van der Waals surface area contributed by atoms with Crippen LogP contribution in [0.5, 0.6) is 5.75 Å². The standard InChI is InChI=1S/C12H8NO2.HI.Zn/c14-12(10-5-2-1-3-6-10)15-11-7-4-8-13-9-11;;/h1-8H;1H;/q-1;;+2/p-1. The molecule has 0 saturated carbocycles. The van der Waals surface area contributed by atoms with Crippen molar-refractivity contribution < 1.29 is 24.3 Å². The molecule has 3 nitrogen and oxygen atoms in total. The summed E-state index contributed by atoms with van der Waals surface area (Å²) >= 11 is 3.62. The van der Waals surface area contributed by atoms with Crippen molar-refractivity contribution in [3.8, 4) is 5.75 Å². The van der Waals surface area contributed by atoms with Gasteiger partial charge >= 0.3 is 40.5 Å². The Balaban J connectivity index is 0.000000686. The second kappa shape index (κ2) is 8.31. The van der Waals surface area contributed by atoms with Crippen LogP contribution in [-0.4, -0.2) is 11.0 Å². The van der Waals surface area contributed by atoms with Crippen LogP contribution in [0.2, 0.25) is 0 Å². The number of esters is 1. The number of halogens is 1. The van der Waals surface area contributed by atoms with Gasteiger partial charge in [-0.15, -0.1) is 6.07 Å². The number of nitrogens with zero attached hydrogens (tertiary/aromatic N) is 1. The third-order valence-electron chi connectivity index (χ3n) is 1.80. The molecule has 82 valence electrons. The number of benzene rings is 1. The van der Waals surface area contributed by atoms with Crippen molar-refractivity contribution in [3.05, 3.63) is 60.4 Å². The van der Waals surface area contributed by atoms with Crippen molar-refractivity contribution in [1.82, 2.24) is 4.98 Å². The summed E-state index contributed by atoms with van der Waals surface area (Å²) < 4.78 is 5.04. The Kier molecular flexibility index (Phi) is 6.97.